The number of methoxy groups -OCH3 is 1. The van der Waals surface area contributed by atoms with Gasteiger partial charge >= 0.3 is 0 Å². The Labute approximate surface area is 169 Å². The average molecular weight is 386 g/mol. The van der Waals surface area contributed by atoms with Gasteiger partial charge in [0.2, 0.25) is 0 Å². The maximum Gasteiger partial charge on any atom is 0.193 e. The molecule has 3 aromatic carbocycles. The lowest BCUT2D eigenvalue weighted by molar-refractivity contribution is 0.103. The number of aromatic nitrogens is 2. The monoisotopic (exact) mass is 386 g/mol. The van der Waals surface area contributed by atoms with Gasteiger partial charge in [-0.1, -0.05) is 12.1 Å². The molecule has 146 valence electrons. The van der Waals surface area contributed by atoms with E-state index in [9.17, 15) is 4.79 Å². The largest absolute Gasteiger partial charge is 0.497 e. The quantitative estimate of drug-likeness (QED) is 0.474. The van der Waals surface area contributed by atoms with Crippen molar-refractivity contribution in [2.24, 2.45) is 0 Å². The Morgan fingerprint density at radius 1 is 0.966 bits per heavy atom. The molecular weight excluding hydrogens is 364 g/mol. The molecular formula is C24H22N2O3. The second kappa shape index (κ2) is 7.80. The van der Waals surface area contributed by atoms with Gasteiger partial charge in [-0.15, -0.1) is 0 Å². The lowest BCUT2D eigenvalue weighted by Crippen LogP contribution is -2.05. The summed E-state index contributed by atoms with van der Waals surface area (Å²) >= 11 is 0. The van der Waals surface area contributed by atoms with Crippen LogP contribution in [0, 0.1) is 13.8 Å². The fraction of sp³-hybridized carbons (Fsp3) is 0.167. The average Bonchev–Trinajstić information content (AvgIpc) is 3.15. The van der Waals surface area contributed by atoms with E-state index in [4.69, 9.17) is 9.47 Å². The van der Waals surface area contributed by atoms with Crippen LogP contribution in [-0.2, 0) is 6.61 Å². The number of fused-ring (bicyclic) bond motifs is 1. The molecule has 0 atom stereocenters. The number of carbonyl (C=O) groups excluding carboxylic acids is 1. The van der Waals surface area contributed by atoms with E-state index in [0.717, 1.165) is 39.5 Å². The van der Waals surface area contributed by atoms with Crippen LogP contribution >= 0.6 is 0 Å². The predicted molar refractivity (Wildman–Crippen MR) is 113 cm³/mol. The Hall–Kier alpha value is -3.60. The van der Waals surface area contributed by atoms with E-state index in [1.165, 1.54) is 0 Å². The van der Waals surface area contributed by atoms with Crippen LogP contribution in [0.3, 0.4) is 0 Å². The molecule has 0 spiro atoms. The van der Waals surface area contributed by atoms with Gasteiger partial charge < -0.3 is 14.5 Å². The Kier molecular flexibility index (Phi) is 5.04. The number of aromatic amines is 1. The highest BCUT2D eigenvalue weighted by Gasteiger charge is 2.14. The van der Waals surface area contributed by atoms with Crippen LogP contribution in [0.2, 0.25) is 0 Å². The van der Waals surface area contributed by atoms with Crippen molar-refractivity contribution in [3.63, 3.8) is 0 Å². The highest BCUT2D eigenvalue weighted by molar-refractivity contribution is 6.09. The van der Waals surface area contributed by atoms with Gasteiger partial charge in [0.15, 0.2) is 5.78 Å². The predicted octanol–water partition coefficient (Wildman–Crippen LogP) is 5.00. The van der Waals surface area contributed by atoms with E-state index in [0.29, 0.717) is 17.7 Å². The molecule has 5 nitrogen and oxygen atoms in total. The SMILES string of the molecule is COc1ccc(C(=O)c2cc(C)c(OCc3nc4ccccc4[nH]3)c(C)c2)cc1. The molecule has 5 heteroatoms. The van der Waals surface area contributed by atoms with Gasteiger partial charge in [0.05, 0.1) is 18.1 Å². The summed E-state index contributed by atoms with van der Waals surface area (Å²) in [4.78, 5) is 20.7. The number of ether oxygens (including phenoxy) is 2. The molecule has 0 radical (unpaired) electrons. The molecule has 0 bridgehead atoms. The normalized spacial score (nSPS) is 10.9. The van der Waals surface area contributed by atoms with E-state index in [2.05, 4.69) is 9.97 Å². The molecule has 0 unspecified atom stereocenters. The van der Waals surface area contributed by atoms with E-state index in [1.807, 2.05) is 50.2 Å². The molecule has 0 aliphatic rings. The number of para-hydroxylation sites is 2. The van der Waals surface area contributed by atoms with Crippen LogP contribution in [0.1, 0.15) is 32.9 Å². The topological polar surface area (TPSA) is 64.2 Å². The number of nitrogens with one attached hydrogen (secondary N) is 1. The Bertz CT molecular complexity index is 1120. The number of benzene rings is 3. The van der Waals surface area contributed by atoms with Gasteiger partial charge in [-0.3, -0.25) is 4.79 Å². The summed E-state index contributed by atoms with van der Waals surface area (Å²) in [5.74, 6) is 2.24. The van der Waals surface area contributed by atoms with Crippen LogP contribution in [0.15, 0.2) is 60.7 Å². The van der Waals surface area contributed by atoms with E-state index in [-0.39, 0.29) is 5.78 Å². The highest BCUT2D eigenvalue weighted by Crippen LogP contribution is 2.27. The number of hydrogen-bond acceptors (Lipinski definition) is 4. The van der Waals surface area contributed by atoms with Gasteiger partial charge in [-0.25, -0.2) is 4.98 Å². The Morgan fingerprint density at radius 3 is 2.31 bits per heavy atom. The molecule has 0 saturated heterocycles. The molecule has 29 heavy (non-hydrogen) atoms. The third-order valence-electron chi connectivity index (χ3n) is 4.87. The number of H-pyrrole nitrogens is 1. The zero-order valence-electron chi connectivity index (χ0n) is 16.7. The summed E-state index contributed by atoms with van der Waals surface area (Å²) in [5.41, 5.74) is 5.00. The van der Waals surface area contributed by atoms with Crippen LogP contribution in [0.25, 0.3) is 11.0 Å². The first-order valence-corrected chi connectivity index (χ1v) is 9.41. The summed E-state index contributed by atoms with van der Waals surface area (Å²) in [6, 6.07) is 18.7. The molecule has 0 aliphatic heterocycles. The number of imidazole rings is 1. The van der Waals surface area contributed by atoms with E-state index < -0.39 is 0 Å². The minimum absolute atomic E-state index is 0.0253. The van der Waals surface area contributed by atoms with Crippen molar-refractivity contribution in [1.82, 2.24) is 9.97 Å². The molecule has 1 aromatic heterocycles. The summed E-state index contributed by atoms with van der Waals surface area (Å²) < 4.78 is 11.2. The smallest absolute Gasteiger partial charge is 0.193 e. The first-order chi connectivity index (χ1) is 14.0. The van der Waals surface area contributed by atoms with E-state index >= 15 is 0 Å². The molecule has 1 heterocycles. The number of ketones is 1. The second-order valence-electron chi connectivity index (χ2n) is 6.99. The number of hydrogen-bond donors (Lipinski definition) is 1. The van der Waals surface area contributed by atoms with Gasteiger partial charge in [-0.05, 0) is 73.5 Å². The van der Waals surface area contributed by atoms with Gasteiger partial charge in [0, 0.05) is 11.1 Å². The van der Waals surface area contributed by atoms with Crippen molar-refractivity contribution in [1.29, 1.82) is 0 Å². The molecule has 0 amide bonds. The van der Waals surface area contributed by atoms with Crippen molar-refractivity contribution >= 4 is 16.8 Å². The number of rotatable bonds is 6. The van der Waals surface area contributed by atoms with Gasteiger partial charge in [0.25, 0.3) is 0 Å². The molecule has 1 N–H and O–H groups in total. The second-order valence-corrected chi connectivity index (χ2v) is 6.99. The molecule has 4 aromatic rings. The number of aryl methyl sites for hydroxylation is 2. The minimum Gasteiger partial charge on any atom is -0.497 e. The summed E-state index contributed by atoms with van der Waals surface area (Å²) in [7, 11) is 1.60. The maximum absolute atomic E-state index is 12.8. The molecule has 0 aliphatic carbocycles. The summed E-state index contributed by atoms with van der Waals surface area (Å²) in [6.45, 7) is 4.24. The van der Waals surface area contributed by atoms with E-state index in [1.54, 1.807) is 31.4 Å². The van der Waals surface area contributed by atoms with Crippen molar-refractivity contribution in [3.8, 4) is 11.5 Å². The molecule has 0 saturated carbocycles. The van der Waals surface area contributed by atoms with Crippen LogP contribution in [0.4, 0.5) is 0 Å². The summed E-state index contributed by atoms with van der Waals surface area (Å²) in [6.07, 6.45) is 0. The summed E-state index contributed by atoms with van der Waals surface area (Å²) in [5, 5.41) is 0. The minimum atomic E-state index is -0.0253. The Morgan fingerprint density at radius 2 is 1.66 bits per heavy atom. The fourth-order valence-electron chi connectivity index (χ4n) is 3.43. The van der Waals surface area contributed by atoms with Crippen LogP contribution < -0.4 is 9.47 Å². The van der Waals surface area contributed by atoms with Crippen molar-refractivity contribution in [2.75, 3.05) is 7.11 Å². The van der Waals surface area contributed by atoms with Crippen molar-refractivity contribution in [2.45, 2.75) is 20.5 Å². The molecule has 0 fully saturated rings. The van der Waals surface area contributed by atoms with Gasteiger partial charge in [0.1, 0.15) is 23.9 Å². The first-order valence-electron chi connectivity index (χ1n) is 9.41. The lowest BCUT2D eigenvalue weighted by Gasteiger charge is -2.13. The zero-order valence-corrected chi connectivity index (χ0v) is 16.7. The fourth-order valence-corrected chi connectivity index (χ4v) is 3.43. The number of carbonyl (C=O) groups is 1. The van der Waals surface area contributed by atoms with Crippen LogP contribution in [-0.4, -0.2) is 22.9 Å². The first kappa shape index (κ1) is 18.7. The standard InChI is InChI=1S/C24H22N2O3/c1-15-12-18(23(27)17-8-10-19(28-3)11-9-17)13-16(2)24(15)29-14-22-25-20-6-4-5-7-21(20)26-22/h4-13H,14H2,1-3H3,(H,25,26). The highest BCUT2D eigenvalue weighted by atomic mass is 16.5. The van der Waals surface area contributed by atoms with Crippen molar-refractivity contribution < 1.29 is 14.3 Å². The lowest BCUT2D eigenvalue weighted by atomic mass is 9.98. The zero-order chi connectivity index (χ0) is 20.4. The van der Waals surface area contributed by atoms with Crippen molar-refractivity contribution in [3.05, 3.63) is 88.7 Å². The number of nitrogens with zero attached hydrogens (tertiary/aromatic N) is 1. The third-order valence-corrected chi connectivity index (χ3v) is 4.87. The molecule has 4 rings (SSSR count). The van der Waals surface area contributed by atoms with Gasteiger partial charge in [-0.2, -0.15) is 0 Å². The Balaban J connectivity index is 1.53. The third kappa shape index (κ3) is 3.85. The van der Waals surface area contributed by atoms with Crippen LogP contribution in [0.5, 0.6) is 11.5 Å². The maximum atomic E-state index is 12.8.